The SMILES string of the molecule is COc1ccc(CN(C)C(=O)c2cc(F)cc(-c3ccn(C)n3)c2)c2cccnc12. The number of nitrogens with zero attached hydrogens (tertiary/aromatic N) is 4. The number of hydrogen-bond donors (Lipinski definition) is 0. The van der Waals surface area contributed by atoms with Gasteiger partial charge in [0.25, 0.3) is 5.91 Å². The zero-order valence-corrected chi connectivity index (χ0v) is 17.0. The van der Waals surface area contributed by atoms with Crippen molar-refractivity contribution < 1.29 is 13.9 Å². The average molecular weight is 404 g/mol. The molecule has 0 radical (unpaired) electrons. The lowest BCUT2D eigenvalue weighted by Crippen LogP contribution is -2.26. The molecule has 0 N–H and O–H groups in total. The van der Waals surface area contributed by atoms with E-state index in [-0.39, 0.29) is 11.5 Å². The van der Waals surface area contributed by atoms with Crippen LogP contribution in [0.2, 0.25) is 0 Å². The monoisotopic (exact) mass is 404 g/mol. The minimum Gasteiger partial charge on any atom is -0.494 e. The number of carbonyl (C=O) groups excluding carboxylic acids is 1. The van der Waals surface area contributed by atoms with Crippen LogP contribution in [-0.2, 0) is 13.6 Å². The number of hydrogen-bond acceptors (Lipinski definition) is 4. The molecule has 0 spiro atoms. The third-order valence-electron chi connectivity index (χ3n) is 4.95. The number of aromatic nitrogens is 3. The molecule has 2 aromatic carbocycles. The lowest BCUT2D eigenvalue weighted by atomic mass is 10.1. The second-order valence-electron chi connectivity index (χ2n) is 7.09. The van der Waals surface area contributed by atoms with Crippen LogP contribution in [0.1, 0.15) is 15.9 Å². The van der Waals surface area contributed by atoms with E-state index in [0.29, 0.717) is 23.6 Å². The van der Waals surface area contributed by atoms with Crippen molar-refractivity contribution in [2.24, 2.45) is 7.05 Å². The number of pyridine rings is 1. The van der Waals surface area contributed by atoms with Crippen molar-refractivity contribution in [2.45, 2.75) is 6.54 Å². The van der Waals surface area contributed by atoms with Gasteiger partial charge in [0, 0.05) is 49.5 Å². The molecule has 0 saturated carbocycles. The summed E-state index contributed by atoms with van der Waals surface area (Å²) in [6.07, 6.45) is 3.48. The normalized spacial score (nSPS) is 10.9. The van der Waals surface area contributed by atoms with Gasteiger partial charge in [0.05, 0.1) is 12.8 Å². The first-order chi connectivity index (χ1) is 14.5. The highest BCUT2D eigenvalue weighted by atomic mass is 19.1. The van der Waals surface area contributed by atoms with E-state index in [2.05, 4.69) is 10.1 Å². The maximum atomic E-state index is 14.2. The van der Waals surface area contributed by atoms with E-state index in [1.165, 1.54) is 12.1 Å². The topological polar surface area (TPSA) is 60.2 Å². The van der Waals surface area contributed by atoms with Crippen LogP contribution in [0.4, 0.5) is 4.39 Å². The molecule has 0 aliphatic carbocycles. The molecule has 0 bridgehead atoms. The number of aryl methyl sites for hydroxylation is 1. The maximum Gasteiger partial charge on any atom is 0.254 e. The fourth-order valence-corrected chi connectivity index (χ4v) is 3.49. The van der Waals surface area contributed by atoms with Gasteiger partial charge in [-0.05, 0) is 42.0 Å². The number of halogens is 1. The number of fused-ring (bicyclic) bond motifs is 1. The van der Waals surface area contributed by atoms with Crippen LogP contribution in [0.3, 0.4) is 0 Å². The van der Waals surface area contributed by atoms with Crippen molar-refractivity contribution in [3.8, 4) is 17.0 Å². The molecule has 6 nitrogen and oxygen atoms in total. The van der Waals surface area contributed by atoms with Gasteiger partial charge in [0.15, 0.2) is 0 Å². The number of benzene rings is 2. The van der Waals surface area contributed by atoms with Crippen molar-refractivity contribution in [1.29, 1.82) is 0 Å². The van der Waals surface area contributed by atoms with E-state index in [1.807, 2.05) is 24.3 Å². The Morgan fingerprint density at radius 3 is 2.77 bits per heavy atom. The van der Waals surface area contributed by atoms with E-state index >= 15 is 0 Å². The fourth-order valence-electron chi connectivity index (χ4n) is 3.49. The van der Waals surface area contributed by atoms with Crippen molar-refractivity contribution in [1.82, 2.24) is 19.7 Å². The molecule has 0 atom stereocenters. The first kappa shape index (κ1) is 19.6. The summed E-state index contributed by atoms with van der Waals surface area (Å²) < 4.78 is 21.3. The van der Waals surface area contributed by atoms with Gasteiger partial charge >= 0.3 is 0 Å². The minimum atomic E-state index is -0.478. The molecular formula is C23H21FN4O2. The minimum absolute atomic E-state index is 0.272. The Bertz CT molecular complexity index is 1240. The Balaban J connectivity index is 1.64. The average Bonchev–Trinajstić information content (AvgIpc) is 3.19. The highest BCUT2D eigenvalue weighted by Gasteiger charge is 2.17. The quantitative estimate of drug-likeness (QED) is 0.503. The van der Waals surface area contributed by atoms with Crippen molar-refractivity contribution in [3.05, 3.63) is 77.9 Å². The zero-order valence-electron chi connectivity index (χ0n) is 17.0. The van der Waals surface area contributed by atoms with Crippen LogP contribution < -0.4 is 4.74 Å². The Labute approximate surface area is 173 Å². The lowest BCUT2D eigenvalue weighted by Gasteiger charge is -2.19. The second-order valence-corrected chi connectivity index (χ2v) is 7.09. The highest BCUT2D eigenvalue weighted by Crippen LogP contribution is 2.28. The summed E-state index contributed by atoms with van der Waals surface area (Å²) in [5.74, 6) is -0.0815. The molecular weight excluding hydrogens is 383 g/mol. The highest BCUT2D eigenvalue weighted by molar-refractivity contribution is 5.95. The molecule has 0 saturated heterocycles. The third kappa shape index (κ3) is 3.74. The molecule has 0 fully saturated rings. The van der Waals surface area contributed by atoms with Crippen LogP contribution in [0, 0.1) is 5.82 Å². The number of amides is 1. The van der Waals surface area contributed by atoms with Crippen molar-refractivity contribution in [2.75, 3.05) is 14.2 Å². The molecule has 0 aliphatic rings. The number of rotatable bonds is 5. The molecule has 1 amide bonds. The largest absolute Gasteiger partial charge is 0.494 e. The van der Waals surface area contributed by atoms with Crippen LogP contribution in [0.5, 0.6) is 5.75 Å². The van der Waals surface area contributed by atoms with E-state index in [4.69, 9.17) is 4.74 Å². The summed E-state index contributed by atoms with van der Waals surface area (Å²) in [5, 5.41) is 5.20. The summed E-state index contributed by atoms with van der Waals surface area (Å²) in [7, 11) is 5.08. The maximum absolute atomic E-state index is 14.2. The number of methoxy groups -OCH3 is 1. The summed E-state index contributed by atoms with van der Waals surface area (Å²) in [6.45, 7) is 0.348. The third-order valence-corrected chi connectivity index (χ3v) is 4.95. The van der Waals surface area contributed by atoms with Gasteiger partial charge < -0.3 is 9.64 Å². The molecule has 2 aromatic heterocycles. The molecule has 152 valence electrons. The summed E-state index contributed by atoms with van der Waals surface area (Å²) >= 11 is 0. The predicted molar refractivity (Wildman–Crippen MR) is 113 cm³/mol. The molecule has 2 heterocycles. The summed E-state index contributed by atoms with van der Waals surface area (Å²) in [4.78, 5) is 19.0. The van der Waals surface area contributed by atoms with Crippen molar-refractivity contribution in [3.63, 3.8) is 0 Å². The first-order valence-electron chi connectivity index (χ1n) is 9.43. The molecule has 30 heavy (non-hydrogen) atoms. The van der Waals surface area contributed by atoms with E-state index < -0.39 is 5.82 Å². The molecule has 7 heteroatoms. The Morgan fingerprint density at radius 2 is 2.03 bits per heavy atom. The van der Waals surface area contributed by atoms with Crippen LogP contribution in [0.15, 0.2) is 60.9 Å². The molecule has 0 unspecified atom stereocenters. The van der Waals surface area contributed by atoms with Gasteiger partial charge in [0.1, 0.15) is 17.1 Å². The van der Waals surface area contributed by atoms with Crippen LogP contribution >= 0.6 is 0 Å². The smallest absolute Gasteiger partial charge is 0.254 e. The Hall–Kier alpha value is -3.74. The molecule has 0 aliphatic heterocycles. The van der Waals surface area contributed by atoms with Crippen molar-refractivity contribution >= 4 is 16.8 Å². The zero-order chi connectivity index (χ0) is 21.3. The summed E-state index contributed by atoms with van der Waals surface area (Å²) in [6, 6.07) is 13.6. The van der Waals surface area contributed by atoms with E-state index in [0.717, 1.165) is 16.5 Å². The standard InChI is InChI=1S/C23H21FN4O2/c1-27(14-15-6-7-21(30-3)22-19(15)5-4-9-25-22)23(29)17-11-16(12-18(24)13-17)20-8-10-28(2)26-20/h4-13H,14H2,1-3H3. The lowest BCUT2D eigenvalue weighted by molar-refractivity contribution is 0.0785. The molecule has 4 aromatic rings. The van der Waals surface area contributed by atoms with Gasteiger partial charge in [-0.1, -0.05) is 12.1 Å². The van der Waals surface area contributed by atoms with E-state index in [9.17, 15) is 9.18 Å². The summed E-state index contributed by atoms with van der Waals surface area (Å²) in [5.41, 5.74) is 3.11. The van der Waals surface area contributed by atoms with Gasteiger partial charge in [-0.2, -0.15) is 5.10 Å². The van der Waals surface area contributed by atoms with Gasteiger partial charge in [0.2, 0.25) is 0 Å². The number of carbonyl (C=O) groups is 1. The Kier molecular flexibility index (Phi) is 5.18. The molecule has 4 rings (SSSR count). The van der Waals surface area contributed by atoms with Gasteiger partial charge in [-0.15, -0.1) is 0 Å². The van der Waals surface area contributed by atoms with Gasteiger partial charge in [-0.25, -0.2) is 4.39 Å². The van der Waals surface area contributed by atoms with Crippen LogP contribution in [-0.4, -0.2) is 39.7 Å². The predicted octanol–water partition coefficient (Wildman–Crippen LogP) is 4.06. The van der Waals surface area contributed by atoms with Gasteiger partial charge in [-0.3, -0.25) is 14.5 Å². The first-order valence-corrected chi connectivity index (χ1v) is 9.43. The van der Waals surface area contributed by atoms with E-state index in [1.54, 1.807) is 55.3 Å². The fraction of sp³-hybridized carbons (Fsp3) is 0.174. The van der Waals surface area contributed by atoms with Crippen LogP contribution in [0.25, 0.3) is 22.2 Å². The Morgan fingerprint density at radius 1 is 1.20 bits per heavy atom. The second kappa shape index (κ2) is 7.94. The number of ether oxygens (including phenoxy) is 1.